The fourth-order valence-corrected chi connectivity index (χ4v) is 1.96. The standard InChI is InChI=1S/C13H18BrNO4/c1-17-10-5-4-9(12(6-10)18-2)7-15-8-11(14)13(16)19-3/h4-6,11,15H,7-8H2,1-3H3. The van der Waals surface area contributed by atoms with Crippen LogP contribution < -0.4 is 14.8 Å². The van der Waals surface area contributed by atoms with E-state index in [1.54, 1.807) is 14.2 Å². The van der Waals surface area contributed by atoms with Gasteiger partial charge in [-0.05, 0) is 6.07 Å². The lowest BCUT2D eigenvalue weighted by Crippen LogP contribution is -2.29. The van der Waals surface area contributed by atoms with Crippen LogP contribution in [-0.2, 0) is 16.1 Å². The molecule has 0 heterocycles. The average Bonchev–Trinajstić information content (AvgIpc) is 2.46. The number of benzene rings is 1. The first-order valence-corrected chi connectivity index (χ1v) is 6.67. The van der Waals surface area contributed by atoms with Crippen LogP contribution in [0, 0.1) is 0 Å². The number of halogens is 1. The van der Waals surface area contributed by atoms with Gasteiger partial charge in [0.2, 0.25) is 0 Å². The summed E-state index contributed by atoms with van der Waals surface area (Å²) in [5.41, 5.74) is 0.993. The predicted octanol–water partition coefficient (Wildman–Crippen LogP) is 1.73. The van der Waals surface area contributed by atoms with Gasteiger partial charge in [-0.2, -0.15) is 0 Å². The maximum Gasteiger partial charge on any atom is 0.320 e. The van der Waals surface area contributed by atoms with Gasteiger partial charge in [0.05, 0.1) is 21.3 Å². The Kier molecular flexibility index (Phi) is 6.66. The molecule has 0 fully saturated rings. The zero-order valence-electron chi connectivity index (χ0n) is 11.2. The summed E-state index contributed by atoms with van der Waals surface area (Å²) in [6.07, 6.45) is 0. The summed E-state index contributed by atoms with van der Waals surface area (Å²) in [5.74, 6) is 1.19. The Labute approximate surface area is 121 Å². The summed E-state index contributed by atoms with van der Waals surface area (Å²) >= 11 is 3.25. The van der Waals surface area contributed by atoms with E-state index in [4.69, 9.17) is 9.47 Å². The van der Waals surface area contributed by atoms with Gasteiger partial charge < -0.3 is 19.5 Å². The third kappa shape index (κ3) is 4.72. The Morgan fingerprint density at radius 2 is 2.05 bits per heavy atom. The summed E-state index contributed by atoms with van der Waals surface area (Å²) in [7, 11) is 4.58. The van der Waals surface area contributed by atoms with Gasteiger partial charge in [0.1, 0.15) is 16.3 Å². The molecule has 0 saturated carbocycles. The van der Waals surface area contributed by atoms with Crippen LogP contribution in [0.2, 0.25) is 0 Å². The van der Waals surface area contributed by atoms with E-state index in [2.05, 4.69) is 26.0 Å². The lowest BCUT2D eigenvalue weighted by Gasteiger charge is -2.12. The van der Waals surface area contributed by atoms with Crippen LogP contribution >= 0.6 is 15.9 Å². The monoisotopic (exact) mass is 331 g/mol. The SMILES string of the molecule is COC(=O)C(Br)CNCc1ccc(OC)cc1OC. The van der Waals surface area contributed by atoms with E-state index in [1.165, 1.54) is 7.11 Å². The van der Waals surface area contributed by atoms with Gasteiger partial charge in [-0.25, -0.2) is 0 Å². The van der Waals surface area contributed by atoms with Crippen molar-refractivity contribution in [3.8, 4) is 11.5 Å². The highest BCUT2D eigenvalue weighted by atomic mass is 79.9. The van der Waals surface area contributed by atoms with Gasteiger partial charge in [0.15, 0.2) is 0 Å². The van der Waals surface area contributed by atoms with E-state index >= 15 is 0 Å². The normalized spacial score (nSPS) is 11.8. The molecule has 1 aromatic carbocycles. The molecule has 1 atom stereocenters. The van der Waals surface area contributed by atoms with Gasteiger partial charge in [-0.3, -0.25) is 4.79 Å². The number of esters is 1. The number of nitrogens with one attached hydrogen (secondary N) is 1. The Morgan fingerprint density at radius 1 is 1.32 bits per heavy atom. The molecule has 0 aliphatic carbocycles. The van der Waals surface area contributed by atoms with Crippen molar-refractivity contribution in [2.24, 2.45) is 0 Å². The molecule has 6 heteroatoms. The molecule has 1 unspecified atom stereocenters. The Hall–Kier alpha value is -1.27. The number of methoxy groups -OCH3 is 3. The van der Waals surface area contributed by atoms with Crippen LogP contribution in [0.4, 0.5) is 0 Å². The van der Waals surface area contributed by atoms with Crippen LogP contribution in [-0.4, -0.2) is 38.7 Å². The van der Waals surface area contributed by atoms with Crippen molar-refractivity contribution in [3.63, 3.8) is 0 Å². The van der Waals surface area contributed by atoms with Crippen molar-refractivity contribution < 1.29 is 19.0 Å². The third-order valence-corrected chi connectivity index (χ3v) is 3.29. The molecule has 0 amide bonds. The van der Waals surface area contributed by atoms with E-state index in [1.807, 2.05) is 18.2 Å². The van der Waals surface area contributed by atoms with Crippen LogP contribution in [0.15, 0.2) is 18.2 Å². The smallest absolute Gasteiger partial charge is 0.320 e. The quantitative estimate of drug-likeness (QED) is 0.609. The van der Waals surface area contributed by atoms with Gasteiger partial charge >= 0.3 is 5.97 Å². The Balaban J connectivity index is 2.55. The number of alkyl halides is 1. The molecule has 106 valence electrons. The molecule has 0 aliphatic rings. The highest BCUT2D eigenvalue weighted by molar-refractivity contribution is 9.10. The zero-order valence-corrected chi connectivity index (χ0v) is 12.8. The lowest BCUT2D eigenvalue weighted by molar-refractivity contribution is -0.139. The van der Waals surface area contributed by atoms with Crippen molar-refractivity contribution in [2.75, 3.05) is 27.9 Å². The first-order chi connectivity index (χ1) is 9.12. The van der Waals surface area contributed by atoms with Crippen LogP contribution in [0.1, 0.15) is 5.56 Å². The average molecular weight is 332 g/mol. The largest absolute Gasteiger partial charge is 0.497 e. The number of carbonyl (C=O) groups excluding carboxylic acids is 1. The fraction of sp³-hybridized carbons (Fsp3) is 0.462. The van der Waals surface area contributed by atoms with Crippen molar-refractivity contribution >= 4 is 21.9 Å². The fourth-order valence-electron chi connectivity index (χ4n) is 1.54. The van der Waals surface area contributed by atoms with Gasteiger partial charge in [0.25, 0.3) is 0 Å². The van der Waals surface area contributed by atoms with Crippen LogP contribution in [0.5, 0.6) is 11.5 Å². The van der Waals surface area contributed by atoms with Crippen molar-refractivity contribution in [1.82, 2.24) is 5.32 Å². The molecule has 1 rings (SSSR count). The number of hydrogen-bond acceptors (Lipinski definition) is 5. The summed E-state index contributed by atoms with van der Waals surface area (Å²) in [6, 6.07) is 5.61. The Morgan fingerprint density at radius 3 is 2.63 bits per heavy atom. The molecule has 0 aromatic heterocycles. The molecule has 0 bridgehead atoms. The molecule has 5 nitrogen and oxygen atoms in total. The highest BCUT2D eigenvalue weighted by Crippen LogP contribution is 2.24. The van der Waals surface area contributed by atoms with Gasteiger partial charge in [0, 0.05) is 24.7 Å². The molecule has 1 N–H and O–H groups in total. The molecule has 1 aromatic rings. The summed E-state index contributed by atoms with van der Waals surface area (Å²) in [6.45, 7) is 1.06. The van der Waals surface area contributed by atoms with E-state index < -0.39 is 0 Å². The second-order valence-corrected chi connectivity index (χ2v) is 4.90. The van der Waals surface area contributed by atoms with Crippen LogP contribution in [0.3, 0.4) is 0 Å². The second-order valence-electron chi connectivity index (χ2n) is 3.80. The van der Waals surface area contributed by atoms with Gasteiger partial charge in [-0.15, -0.1) is 0 Å². The number of hydrogen-bond donors (Lipinski definition) is 1. The van der Waals surface area contributed by atoms with Gasteiger partial charge in [-0.1, -0.05) is 22.0 Å². The molecule has 0 aliphatic heterocycles. The minimum atomic E-state index is -0.359. The summed E-state index contributed by atoms with van der Waals surface area (Å²) in [5, 5.41) is 3.16. The Bertz CT molecular complexity index is 425. The summed E-state index contributed by atoms with van der Waals surface area (Å²) < 4.78 is 15.0. The maximum atomic E-state index is 11.2. The van der Waals surface area contributed by atoms with E-state index in [0.717, 1.165) is 17.1 Å². The first-order valence-electron chi connectivity index (χ1n) is 5.76. The van der Waals surface area contributed by atoms with Crippen molar-refractivity contribution in [1.29, 1.82) is 0 Å². The van der Waals surface area contributed by atoms with Crippen LogP contribution in [0.25, 0.3) is 0 Å². The zero-order chi connectivity index (χ0) is 14.3. The van der Waals surface area contributed by atoms with E-state index in [9.17, 15) is 4.79 Å². The number of ether oxygens (including phenoxy) is 3. The highest BCUT2D eigenvalue weighted by Gasteiger charge is 2.14. The van der Waals surface area contributed by atoms with Crippen molar-refractivity contribution in [3.05, 3.63) is 23.8 Å². The molecule has 0 spiro atoms. The third-order valence-electron chi connectivity index (χ3n) is 2.59. The minimum Gasteiger partial charge on any atom is -0.497 e. The molecule has 19 heavy (non-hydrogen) atoms. The van der Waals surface area contributed by atoms with Crippen molar-refractivity contribution in [2.45, 2.75) is 11.4 Å². The topological polar surface area (TPSA) is 56.8 Å². The molecular weight excluding hydrogens is 314 g/mol. The molecule has 0 radical (unpaired) electrons. The summed E-state index contributed by atoms with van der Waals surface area (Å²) in [4.78, 5) is 10.9. The lowest BCUT2D eigenvalue weighted by atomic mass is 10.2. The first kappa shape index (κ1) is 15.8. The van der Waals surface area contributed by atoms with E-state index in [0.29, 0.717) is 13.1 Å². The number of carbonyl (C=O) groups is 1. The maximum absolute atomic E-state index is 11.2. The minimum absolute atomic E-state index is 0.297. The predicted molar refractivity (Wildman–Crippen MR) is 76.0 cm³/mol. The van der Waals surface area contributed by atoms with E-state index in [-0.39, 0.29) is 10.8 Å². The number of rotatable bonds is 7. The molecule has 0 saturated heterocycles. The second kappa shape index (κ2) is 8.01. The molecular formula is C13H18BrNO4.